The Hall–Kier alpha value is 0.624. The summed E-state index contributed by atoms with van der Waals surface area (Å²) in [4.78, 5) is 0. The molecule has 17 heavy (non-hydrogen) atoms. The van der Waals surface area contributed by atoms with Gasteiger partial charge in [-0.1, -0.05) is 0 Å². The summed E-state index contributed by atoms with van der Waals surface area (Å²) >= 11 is 4.19. The van der Waals surface area contributed by atoms with Crippen molar-refractivity contribution in [3.8, 4) is 0 Å². The van der Waals surface area contributed by atoms with Crippen molar-refractivity contribution in [2.45, 2.75) is 33.2 Å². The van der Waals surface area contributed by atoms with Gasteiger partial charge < -0.3 is 17.7 Å². The molecule has 0 amide bonds. The van der Waals surface area contributed by atoms with Crippen molar-refractivity contribution in [2.24, 2.45) is 0 Å². The number of thiol groups is 1. The lowest BCUT2D eigenvalue weighted by Crippen LogP contribution is -2.46. The van der Waals surface area contributed by atoms with Gasteiger partial charge in [-0.15, -0.1) is 0 Å². The second-order valence-corrected chi connectivity index (χ2v) is 7.21. The molecule has 0 aliphatic carbocycles. The van der Waals surface area contributed by atoms with Crippen molar-refractivity contribution in [3.05, 3.63) is 0 Å². The van der Waals surface area contributed by atoms with Gasteiger partial charge in [-0.3, -0.25) is 0 Å². The minimum atomic E-state index is -2.37. The van der Waals surface area contributed by atoms with Gasteiger partial charge in [0, 0.05) is 33.0 Å². The summed E-state index contributed by atoms with van der Waals surface area (Å²) in [5.74, 6) is 0.849. The van der Waals surface area contributed by atoms with Gasteiger partial charge in [0.2, 0.25) is 0 Å². The van der Waals surface area contributed by atoms with Crippen molar-refractivity contribution < 1.29 is 17.7 Å². The van der Waals surface area contributed by atoms with Crippen LogP contribution in [0.15, 0.2) is 0 Å². The molecule has 0 aromatic rings. The van der Waals surface area contributed by atoms with Gasteiger partial charge >= 0.3 is 8.80 Å². The van der Waals surface area contributed by atoms with Crippen LogP contribution in [0.1, 0.15) is 27.2 Å². The molecule has 0 aromatic carbocycles. The van der Waals surface area contributed by atoms with Crippen LogP contribution < -0.4 is 0 Å². The number of hydrogen-bond donors (Lipinski definition) is 1. The molecule has 0 saturated heterocycles. The molecule has 0 bridgehead atoms. The lowest BCUT2D eigenvalue weighted by Gasteiger charge is -2.28. The van der Waals surface area contributed by atoms with E-state index in [1.54, 1.807) is 7.11 Å². The first-order valence-corrected chi connectivity index (χ1v) is 9.47. The van der Waals surface area contributed by atoms with Crippen LogP contribution in [0, 0.1) is 0 Å². The van der Waals surface area contributed by atoms with E-state index in [2.05, 4.69) is 17.1 Å². The molecule has 0 atom stereocenters. The minimum Gasteiger partial charge on any atom is -0.431 e. The molecule has 0 N–H and O–H groups in total. The van der Waals surface area contributed by atoms with Gasteiger partial charge in [0.15, 0.2) is 0 Å². The van der Waals surface area contributed by atoms with Crippen LogP contribution in [0.3, 0.4) is 0 Å². The highest BCUT2D eigenvalue weighted by atomic mass is 32.1. The van der Waals surface area contributed by atoms with Crippen LogP contribution in [0.25, 0.3) is 0 Å². The fourth-order valence-corrected chi connectivity index (χ4v) is 4.36. The van der Waals surface area contributed by atoms with Gasteiger partial charge in [-0.2, -0.15) is 12.6 Å². The zero-order valence-corrected chi connectivity index (χ0v) is 15.7. The fraction of sp³-hybridized carbons (Fsp3) is 1.00. The first-order chi connectivity index (χ1) is 8.16. The SMILES string of the molecule is CCO[Si](CCCS)(OCC)OCC.CO[SiH3]. The number of rotatable bonds is 9. The second-order valence-electron chi connectivity index (χ2n) is 3.22. The lowest BCUT2D eigenvalue weighted by molar-refractivity contribution is 0.0712. The average Bonchev–Trinajstić information content (AvgIpc) is 2.29. The fourth-order valence-electron chi connectivity index (χ4n) is 1.30. The molecule has 0 radical (unpaired) electrons. The Labute approximate surface area is 116 Å². The van der Waals surface area contributed by atoms with Gasteiger partial charge in [0.1, 0.15) is 10.5 Å². The highest BCUT2D eigenvalue weighted by Crippen LogP contribution is 2.18. The zero-order chi connectivity index (χ0) is 13.6. The molecule has 7 heteroatoms. The third-order valence-electron chi connectivity index (χ3n) is 1.73. The predicted molar refractivity (Wildman–Crippen MR) is 80.9 cm³/mol. The third-order valence-corrected chi connectivity index (χ3v) is 5.20. The van der Waals surface area contributed by atoms with Gasteiger partial charge in [-0.05, 0) is 32.9 Å². The summed E-state index contributed by atoms with van der Waals surface area (Å²) in [5, 5.41) is 0. The molecular formula is C10H28O4SSi2. The summed E-state index contributed by atoms with van der Waals surface area (Å²) in [6.45, 7) is 7.87. The maximum Gasteiger partial charge on any atom is 0.500 e. The van der Waals surface area contributed by atoms with Crippen molar-refractivity contribution in [3.63, 3.8) is 0 Å². The summed E-state index contributed by atoms with van der Waals surface area (Å²) in [6.07, 6.45) is 0.981. The van der Waals surface area contributed by atoms with E-state index in [0.29, 0.717) is 19.8 Å². The van der Waals surface area contributed by atoms with Crippen LogP contribution in [-0.4, -0.2) is 52.0 Å². The molecular weight excluding hydrogens is 272 g/mol. The van der Waals surface area contributed by atoms with E-state index in [1.165, 1.54) is 0 Å². The van der Waals surface area contributed by atoms with Gasteiger partial charge in [0.25, 0.3) is 0 Å². The molecule has 0 aromatic heterocycles. The quantitative estimate of drug-likeness (QED) is 0.514. The maximum absolute atomic E-state index is 5.67. The molecule has 0 spiro atoms. The Morgan fingerprint density at radius 2 is 1.35 bits per heavy atom. The Bertz CT molecular complexity index is 135. The van der Waals surface area contributed by atoms with Crippen molar-refractivity contribution >= 4 is 31.9 Å². The molecule has 106 valence electrons. The molecule has 0 saturated carbocycles. The van der Waals surface area contributed by atoms with Crippen LogP contribution >= 0.6 is 12.6 Å². The molecule has 0 fully saturated rings. The van der Waals surface area contributed by atoms with E-state index < -0.39 is 8.80 Å². The van der Waals surface area contributed by atoms with E-state index in [4.69, 9.17) is 13.3 Å². The van der Waals surface area contributed by atoms with E-state index in [0.717, 1.165) is 28.7 Å². The Morgan fingerprint density at radius 1 is 1.00 bits per heavy atom. The van der Waals surface area contributed by atoms with E-state index in [9.17, 15) is 0 Å². The maximum atomic E-state index is 5.67. The van der Waals surface area contributed by atoms with E-state index >= 15 is 0 Å². The number of hydrogen-bond acceptors (Lipinski definition) is 5. The highest BCUT2D eigenvalue weighted by Gasteiger charge is 2.39. The Balaban J connectivity index is 0. The van der Waals surface area contributed by atoms with E-state index in [1.807, 2.05) is 20.8 Å². The molecule has 0 rings (SSSR count). The first kappa shape index (κ1) is 20.0. The van der Waals surface area contributed by atoms with Gasteiger partial charge in [-0.25, -0.2) is 0 Å². The molecule has 0 aliphatic rings. The summed E-state index contributed by atoms with van der Waals surface area (Å²) in [5.41, 5.74) is 0. The second kappa shape index (κ2) is 14.7. The third kappa shape index (κ3) is 11.4. The zero-order valence-electron chi connectivity index (χ0n) is 11.8. The smallest absolute Gasteiger partial charge is 0.431 e. The van der Waals surface area contributed by atoms with Crippen LogP contribution in [0.5, 0.6) is 0 Å². The van der Waals surface area contributed by atoms with Crippen LogP contribution in [-0.2, 0) is 17.7 Å². The highest BCUT2D eigenvalue weighted by molar-refractivity contribution is 7.80. The van der Waals surface area contributed by atoms with Crippen molar-refractivity contribution in [2.75, 3.05) is 32.7 Å². The standard InChI is InChI=1S/C9H22O3SSi.CH6OSi/c1-4-10-14(11-5-2,12-6-3)9-7-8-13;1-2-3/h13H,4-9H2,1-3H3;1,3H3. The summed E-state index contributed by atoms with van der Waals surface area (Å²) in [7, 11) is 0.190. The minimum absolute atomic E-state index is 0.652. The summed E-state index contributed by atoms with van der Waals surface area (Å²) in [6, 6.07) is 0.867. The molecule has 4 nitrogen and oxygen atoms in total. The monoisotopic (exact) mass is 300 g/mol. The topological polar surface area (TPSA) is 36.9 Å². The lowest BCUT2D eigenvalue weighted by atomic mass is 10.6. The summed E-state index contributed by atoms with van der Waals surface area (Å²) < 4.78 is 21.4. The molecule has 0 aliphatic heterocycles. The largest absolute Gasteiger partial charge is 0.500 e. The normalized spacial score (nSPS) is 11.1. The Morgan fingerprint density at radius 3 is 1.59 bits per heavy atom. The van der Waals surface area contributed by atoms with Crippen LogP contribution in [0.4, 0.5) is 0 Å². The average molecular weight is 301 g/mol. The van der Waals surface area contributed by atoms with Crippen molar-refractivity contribution in [1.82, 2.24) is 0 Å². The van der Waals surface area contributed by atoms with Crippen LogP contribution in [0.2, 0.25) is 6.04 Å². The Kier molecular flexibility index (Phi) is 17.2. The van der Waals surface area contributed by atoms with E-state index in [-0.39, 0.29) is 0 Å². The van der Waals surface area contributed by atoms with Gasteiger partial charge in [0.05, 0.1) is 0 Å². The van der Waals surface area contributed by atoms with Crippen molar-refractivity contribution in [1.29, 1.82) is 0 Å². The first-order valence-electron chi connectivity index (χ1n) is 6.09. The molecule has 0 heterocycles. The molecule has 0 unspecified atom stereocenters. The predicted octanol–water partition coefficient (Wildman–Crippen LogP) is 1.27.